The van der Waals surface area contributed by atoms with Crippen LogP contribution in [0.25, 0.3) is 10.9 Å². The van der Waals surface area contributed by atoms with Crippen LogP contribution in [0.5, 0.6) is 0 Å². The number of aromatic amines is 1. The van der Waals surface area contributed by atoms with Crippen LogP contribution < -0.4 is 10.6 Å². The number of hydrogen-bond acceptors (Lipinski definition) is 2. The lowest BCUT2D eigenvalue weighted by atomic mass is 9.89. The molecule has 0 unspecified atom stereocenters. The van der Waals surface area contributed by atoms with E-state index in [2.05, 4.69) is 29.2 Å². The van der Waals surface area contributed by atoms with E-state index in [1.807, 2.05) is 42.5 Å². The van der Waals surface area contributed by atoms with Crippen molar-refractivity contribution >= 4 is 28.3 Å². The average Bonchev–Trinajstić information content (AvgIpc) is 3.06. The molecule has 5 nitrogen and oxygen atoms in total. The van der Waals surface area contributed by atoms with Gasteiger partial charge in [-0.3, -0.25) is 4.90 Å². The van der Waals surface area contributed by atoms with E-state index in [0.29, 0.717) is 5.92 Å². The standard InChI is InChI=1S/C21H24N4O/c1-24-11-9-15(10-12-24)19-14-23-20-8-7-17(13-18(19)20)25(21(22)26)16-5-3-2-4-6-16/h2-8,13-15,23H,9-12H2,1H3,(H2,22,26). The Bertz CT molecular complexity index is 910. The van der Waals surface area contributed by atoms with Gasteiger partial charge in [0.15, 0.2) is 0 Å². The molecule has 2 aromatic carbocycles. The van der Waals surface area contributed by atoms with E-state index in [9.17, 15) is 4.79 Å². The average molecular weight is 348 g/mol. The maximum Gasteiger partial charge on any atom is 0.323 e. The summed E-state index contributed by atoms with van der Waals surface area (Å²) in [7, 11) is 2.17. The fraction of sp³-hybridized carbons (Fsp3) is 0.286. The van der Waals surface area contributed by atoms with Crippen molar-refractivity contribution in [2.45, 2.75) is 18.8 Å². The zero-order valence-electron chi connectivity index (χ0n) is 15.0. The third-order valence-electron chi connectivity index (χ3n) is 5.35. The number of hydrogen-bond donors (Lipinski definition) is 2. The lowest BCUT2D eigenvalue weighted by Crippen LogP contribution is -2.31. The van der Waals surface area contributed by atoms with Crippen molar-refractivity contribution in [3.63, 3.8) is 0 Å². The summed E-state index contributed by atoms with van der Waals surface area (Å²) in [6, 6.07) is 15.1. The molecule has 3 N–H and O–H groups in total. The fourth-order valence-electron chi connectivity index (χ4n) is 3.91. The molecule has 1 saturated heterocycles. The highest BCUT2D eigenvalue weighted by Gasteiger charge is 2.22. The Balaban J connectivity index is 1.74. The predicted molar refractivity (Wildman–Crippen MR) is 106 cm³/mol. The van der Waals surface area contributed by atoms with Gasteiger partial charge in [-0.1, -0.05) is 18.2 Å². The SMILES string of the molecule is CN1CCC(c2c[nH]c3ccc(N(C(N)=O)c4ccccc4)cc23)CC1. The van der Waals surface area contributed by atoms with Gasteiger partial charge in [-0.25, -0.2) is 4.79 Å². The molecule has 1 aliphatic rings. The maximum absolute atomic E-state index is 12.1. The van der Waals surface area contributed by atoms with Gasteiger partial charge in [-0.05, 0) is 74.8 Å². The van der Waals surface area contributed by atoms with Gasteiger partial charge in [0.1, 0.15) is 0 Å². The molecule has 0 aliphatic carbocycles. The normalized spacial score (nSPS) is 16.0. The Morgan fingerprint density at radius 2 is 1.85 bits per heavy atom. The first-order chi connectivity index (χ1) is 12.6. The number of nitrogens with one attached hydrogen (secondary N) is 1. The first-order valence-corrected chi connectivity index (χ1v) is 9.07. The summed E-state index contributed by atoms with van der Waals surface area (Å²) in [5.41, 5.74) is 9.70. The van der Waals surface area contributed by atoms with Gasteiger partial charge < -0.3 is 15.6 Å². The van der Waals surface area contributed by atoms with Crippen molar-refractivity contribution in [3.05, 3.63) is 60.3 Å². The lowest BCUT2D eigenvalue weighted by Gasteiger charge is -2.29. The van der Waals surface area contributed by atoms with Crippen molar-refractivity contribution in [2.24, 2.45) is 5.73 Å². The number of H-pyrrole nitrogens is 1. The second-order valence-corrected chi connectivity index (χ2v) is 7.06. The monoisotopic (exact) mass is 348 g/mol. The van der Waals surface area contributed by atoms with Crippen LogP contribution in [-0.4, -0.2) is 36.1 Å². The minimum atomic E-state index is -0.480. The number of benzene rings is 2. The number of fused-ring (bicyclic) bond motifs is 1. The van der Waals surface area contributed by atoms with Crippen molar-refractivity contribution in [1.29, 1.82) is 0 Å². The molecular formula is C21H24N4O. The predicted octanol–water partition coefficient (Wildman–Crippen LogP) is 4.19. The number of aromatic nitrogens is 1. The molecule has 2 amide bonds. The number of nitrogens with zero attached hydrogens (tertiary/aromatic N) is 2. The molecule has 0 bridgehead atoms. The topological polar surface area (TPSA) is 65.4 Å². The summed E-state index contributed by atoms with van der Waals surface area (Å²) in [4.78, 5) is 19.5. The Hall–Kier alpha value is -2.79. The molecule has 0 saturated carbocycles. The third kappa shape index (κ3) is 3.06. The summed E-state index contributed by atoms with van der Waals surface area (Å²) in [6.07, 6.45) is 4.44. The van der Waals surface area contributed by atoms with E-state index in [1.165, 1.54) is 10.9 Å². The van der Waals surface area contributed by atoms with Crippen LogP contribution in [0.1, 0.15) is 24.3 Å². The van der Waals surface area contributed by atoms with Gasteiger partial charge in [0, 0.05) is 17.1 Å². The number of rotatable bonds is 3. The van der Waals surface area contributed by atoms with E-state index >= 15 is 0 Å². The number of likely N-dealkylation sites (tertiary alicyclic amines) is 1. The smallest absolute Gasteiger partial charge is 0.323 e. The van der Waals surface area contributed by atoms with E-state index in [-0.39, 0.29) is 0 Å². The largest absolute Gasteiger partial charge is 0.361 e. The van der Waals surface area contributed by atoms with E-state index in [1.54, 1.807) is 4.90 Å². The van der Waals surface area contributed by atoms with Crippen LogP contribution in [0.4, 0.5) is 16.2 Å². The van der Waals surface area contributed by atoms with Crippen molar-refractivity contribution < 1.29 is 4.79 Å². The van der Waals surface area contributed by atoms with Crippen LogP contribution in [0.2, 0.25) is 0 Å². The van der Waals surface area contributed by atoms with Gasteiger partial charge in [-0.2, -0.15) is 0 Å². The van der Waals surface area contributed by atoms with Crippen LogP contribution in [-0.2, 0) is 0 Å². The molecule has 1 aromatic heterocycles. The van der Waals surface area contributed by atoms with Crippen molar-refractivity contribution in [2.75, 3.05) is 25.0 Å². The van der Waals surface area contributed by atoms with E-state index in [4.69, 9.17) is 5.73 Å². The fourth-order valence-corrected chi connectivity index (χ4v) is 3.91. The number of amides is 2. The molecule has 0 radical (unpaired) electrons. The highest BCUT2D eigenvalue weighted by Crippen LogP contribution is 2.35. The minimum Gasteiger partial charge on any atom is -0.361 e. The first-order valence-electron chi connectivity index (χ1n) is 9.07. The summed E-state index contributed by atoms with van der Waals surface area (Å²) >= 11 is 0. The highest BCUT2D eigenvalue weighted by atomic mass is 16.2. The number of primary amides is 1. The summed E-state index contributed by atoms with van der Waals surface area (Å²) in [5, 5.41) is 1.18. The lowest BCUT2D eigenvalue weighted by molar-refractivity contribution is 0.256. The number of piperidine rings is 1. The van der Waals surface area contributed by atoms with Crippen molar-refractivity contribution in [1.82, 2.24) is 9.88 Å². The molecule has 4 rings (SSSR count). The van der Waals surface area contributed by atoms with Gasteiger partial charge in [0.05, 0.1) is 11.4 Å². The highest BCUT2D eigenvalue weighted by molar-refractivity contribution is 6.00. The Morgan fingerprint density at radius 1 is 1.12 bits per heavy atom. The zero-order chi connectivity index (χ0) is 18.1. The zero-order valence-corrected chi connectivity index (χ0v) is 15.0. The van der Waals surface area contributed by atoms with Crippen LogP contribution >= 0.6 is 0 Å². The van der Waals surface area contributed by atoms with Gasteiger partial charge in [-0.15, -0.1) is 0 Å². The number of nitrogens with two attached hydrogens (primary N) is 1. The van der Waals surface area contributed by atoms with Gasteiger partial charge in [0.25, 0.3) is 0 Å². The number of urea groups is 1. The van der Waals surface area contributed by atoms with Crippen LogP contribution in [0, 0.1) is 0 Å². The number of carbonyl (C=O) groups is 1. The first kappa shape index (κ1) is 16.7. The maximum atomic E-state index is 12.1. The molecule has 2 heterocycles. The quantitative estimate of drug-likeness (QED) is 0.745. The molecule has 26 heavy (non-hydrogen) atoms. The molecule has 134 valence electrons. The second-order valence-electron chi connectivity index (χ2n) is 7.06. The van der Waals surface area contributed by atoms with E-state index < -0.39 is 6.03 Å². The second kappa shape index (κ2) is 6.84. The summed E-state index contributed by atoms with van der Waals surface area (Å²) < 4.78 is 0. The molecule has 5 heteroatoms. The Kier molecular flexibility index (Phi) is 4.39. The van der Waals surface area contributed by atoms with Crippen molar-refractivity contribution in [3.8, 4) is 0 Å². The molecule has 0 spiro atoms. The van der Waals surface area contributed by atoms with Crippen LogP contribution in [0.3, 0.4) is 0 Å². The van der Waals surface area contributed by atoms with Gasteiger partial charge >= 0.3 is 6.03 Å². The molecule has 1 aliphatic heterocycles. The Morgan fingerprint density at radius 3 is 2.54 bits per heavy atom. The Labute approximate surface area is 153 Å². The number of para-hydroxylation sites is 1. The minimum absolute atomic E-state index is 0.480. The molecule has 0 atom stereocenters. The molecule has 3 aromatic rings. The summed E-state index contributed by atoms with van der Waals surface area (Å²) in [5.74, 6) is 0.550. The van der Waals surface area contributed by atoms with E-state index in [0.717, 1.165) is 42.8 Å². The third-order valence-corrected chi connectivity index (χ3v) is 5.35. The van der Waals surface area contributed by atoms with Crippen LogP contribution in [0.15, 0.2) is 54.7 Å². The summed E-state index contributed by atoms with van der Waals surface area (Å²) in [6.45, 7) is 2.24. The number of carbonyl (C=O) groups excluding carboxylic acids is 1. The molecular weight excluding hydrogens is 324 g/mol. The number of anilines is 2. The van der Waals surface area contributed by atoms with Gasteiger partial charge in [0.2, 0.25) is 0 Å². The molecule has 1 fully saturated rings.